The van der Waals surface area contributed by atoms with Crippen LogP contribution in [0.4, 0.5) is 0 Å². The number of hydrogen-bond donors (Lipinski definition) is 1. The maximum absolute atomic E-state index is 5.49. The summed E-state index contributed by atoms with van der Waals surface area (Å²) in [6, 6.07) is 12.7. The van der Waals surface area contributed by atoms with Crippen molar-refractivity contribution in [2.45, 2.75) is 26.3 Å². The lowest BCUT2D eigenvalue weighted by atomic mass is 10.3. The van der Waals surface area contributed by atoms with Gasteiger partial charge in [0, 0.05) is 24.5 Å². The summed E-state index contributed by atoms with van der Waals surface area (Å²) in [4.78, 5) is 7.31. The van der Waals surface area contributed by atoms with Gasteiger partial charge in [-0.2, -0.15) is 0 Å². The summed E-state index contributed by atoms with van der Waals surface area (Å²) in [5.41, 5.74) is 2.32. The summed E-state index contributed by atoms with van der Waals surface area (Å²) in [7, 11) is 0. The Morgan fingerprint density at radius 2 is 2.00 bits per heavy atom. The van der Waals surface area contributed by atoms with Crippen LogP contribution in [0.5, 0.6) is 0 Å². The zero-order valence-corrected chi connectivity index (χ0v) is 15.1. The fraction of sp³-hybridized carbons (Fsp3) is 0.389. The molecule has 1 aromatic carbocycles. The van der Waals surface area contributed by atoms with E-state index in [1.165, 1.54) is 16.8 Å². The van der Waals surface area contributed by atoms with Gasteiger partial charge in [0.15, 0.2) is 4.77 Å². The molecular weight excluding hydrogens is 322 g/mol. The van der Waals surface area contributed by atoms with E-state index in [0.29, 0.717) is 0 Å². The van der Waals surface area contributed by atoms with Gasteiger partial charge in [0.05, 0.1) is 11.0 Å². The van der Waals surface area contributed by atoms with Gasteiger partial charge in [-0.3, -0.25) is 0 Å². The molecule has 3 nitrogen and oxygen atoms in total. The molecule has 0 radical (unpaired) electrons. The topological polar surface area (TPSA) is 24.0 Å². The number of aromatic amines is 1. The Morgan fingerprint density at radius 1 is 1.13 bits per heavy atom. The Bertz CT molecular complexity index is 786. The van der Waals surface area contributed by atoms with Gasteiger partial charge in [-0.05, 0) is 55.2 Å². The number of imidazole rings is 1. The fourth-order valence-electron chi connectivity index (χ4n) is 2.94. The average molecular weight is 346 g/mol. The second-order valence-corrected chi connectivity index (χ2v) is 7.19. The van der Waals surface area contributed by atoms with Crippen LogP contribution < -0.4 is 0 Å². The highest BCUT2D eigenvalue weighted by molar-refractivity contribution is 7.71. The van der Waals surface area contributed by atoms with E-state index in [1.54, 1.807) is 0 Å². The van der Waals surface area contributed by atoms with Crippen molar-refractivity contribution < 1.29 is 0 Å². The number of H-pyrrole nitrogens is 1. The summed E-state index contributed by atoms with van der Waals surface area (Å²) in [5, 5.41) is 2.16. The van der Waals surface area contributed by atoms with Gasteiger partial charge in [0.25, 0.3) is 0 Å². The molecule has 0 atom stereocenters. The van der Waals surface area contributed by atoms with Crippen molar-refractivity contribution in [2.75, 3.05) is 19.6 Å². The van der Waals surface area contributed by atoms with E-state index in [1.807, 2.05) is 17.4 Å². The number of fused-ring (bicyclic) bond motifs is 1. The molecular formula is C18H23N3S2. The Hall–Kier alpha value is -1.43. The monoisotopic (exact) mass is 345 g/mol. The van der Waals surface area contributed by atoms with Crippen molar-refractivity contribution in [3.63, 3.8) is 0 Å². The number of nitrogens with one attached hydrogen (secondary N) is 1. The minimum absolute atomic E-state index is 0.820. The van der Waals surface area contributed by atoms with E-state index in [2.05, 4.69) is 57.1 Å². The quantitative estimate of drug-likeness (QED) is 0.598. The van der Waals surface area contributed by atoms with Gasteiger partial charge in [-0.1, -0.05) is 25.1 Å². The third-order valence-corrected chi connectivity index (χ3v) is 5.37. The zero-order valence-electron chi connectivity index (χ0n) is 13.5. The molecule has 5 heteroatoms. The number of aromatic nitrogens is 2. The molecule has 0 fully saturated rings. The lowest BCUT2D eigenvalue weighted by Crippen LogP contribution is -2.30. The highest BCUT2D eigenvalue weighted by atomic mass is 32.1. The molecule has 0 unspecified atom stereocenters. The van der Waals surface area contributed by atoms with Crippen molar-refractivity contribution in [1.82, 2.24) is 14.5 Å². The lowest BCUT2D eigenvalue weighted by molar-refractivity contribution is 0.267. The van der Waals surface area contributed by atoms with Gasteiger partial charge in [-0.25, -0.2) is 0 Å². The van der Waals surface area contributed by atoms with Crippen LogP contribution in [-0.4, -0.2) is 34.1 Å². The minimum Gasteiger partial charge on any atom is -0.331 e. The summed E-state index contributed by atoms with van der Waals surface area (Å²) in [5.74, 6) is 0. The van der Waals surface area contributed by atoms with Crippen LogP contribution >= 0.6 is 23.6 Å². The SMILES string of the molecule is CCCN(CCc1cccs1)CCn1c(=S)[nH]c2ccccc21. The first-order valence-corrected chi connectivity index (χ1v) is 9.49. The minimum atomic E-state index is 0.820. The second-order valence-electron chi connectivity index (χ2n) is 5.77. The van der Waals surface area contributed by atoms with Crippen LogP contribution in [0.1, 0.15) is 18.2 Å². The average Bonchev–Trinajstić information content (AvgIpc) is 3.17. The first-order chi connectivity index (χ1) is 11.3. The maximum Gasteiger partial charge on any atom is 0.178 e. The maximum atomic E-state index is 5.49. The summed E-state index contributed by atoms with van der Waals surface area (Å²) in [6.07, 6.45) is 2.32. The summed E-state index contributed by atoms with van der Waals surface area (Å²) < 4.78 is 3.04. The molecule has 3 rings (SSSR count). The molecule has 2 aromatic heterocycles. The first-order valence-electron chi connectivity index (χ1n) is 8.20. The lowest BCUT2D eigenvalue weighted by Gasteiger charge is -2.21. The predicted molar refractivity (Wildman–Crippen MR) is 102 cm³/mol. The van der Waals surface area contributed by atoms with Crippen LogP contribution in [0.2, 0.25) is 0 Å². The molecule has 0 amide bonds. The highest BCUT2D eigenvalue weighted by Gasteiger charge is 2.08. The number of benzene rings is 1. The molecule has 0 aliphatic carbocycles. The molecule has 122 valence electrons. The largest absolute Gasteiger partial charge is 0.331 e. The van der Waals surface area contributed by atoms with Gasteiger partial charge in [0.2, 0.25) is 0 Å². The number of thiophene rings is 1. The van der Waals surface area contributed by atoms with Crippen LogP contribution in [0, 0.1) is 4.77 Å². The van der Waals surface area contributed by atoms with Crippen molar-refractivity contribution in [3.05, 3.63) is 51.4 Å². The summed E-state index contributed by atoms with van der Waals surface area (Å²) in [6.45, 7) is 6.48. The Kier molecular flexibility index (Phi) is 5.65. The van der Waals surface area contributed by atoms with Crippen molar-refractivity contribution in [1.29, 1.82) is 0 Å². The highest BCUT2D eigenvalue weighted by Crippen LogP contribution is 2.14. The normalized spacial score (nSPS) is 11.6. The standard InChI is InChI=1S/C18H23N3S2/c1-2-10-20(11-9-15-6-5-14-23-15)12-13-21-17-8-4-3-7-16(17)19-18(21)22/h3-8,14H,2,9-13H2,1H3,(H,19,22). The predicted octanol–water partition coefficient (Wildman–Crippen LogP) is 4.72. The smallest absolute Gasteiger partial charge is 0.178 e. The molecule has 0 aliphatic heterocycles. The molecule has 0 saturated carbocycles. The number of nitrogens with zero attached hydrogens (tertiary/aromatic N) is 2. The van der Waals surface area contributed by atoms with E-state index in [9.17, 15) is 0 Å². The van der Waals surface area contributed by atoms with Crippen molar-refractivity contribution in [2.24, 2.45) is 0 Å². The molecule has 0 bridgehead atoms. The van der Waals surface area contributed by atoms with E-state index in [0.717, 1.165) is 42.9 Å². The Morgan fingerprint density at radius 3 is 2.78 bits per heavy atom. The Balaban J connectivity index is 1.65. The molecule has 1 N–H and O–H groups in total. The van der Waals surface area contributed by atoms with Gasteiger partial charge in [0.1, 0.15) is 0 Å². The number of rotatable bonds is 8. The second kappa shape index (κ2) is 7.90. The van der Waals surface area contributed by atoms with Gasteiger partial charge >= 0.3 is 0 Å². The molecule has 2 heterocycles. The van der Waals surface area contributed by atoms with Crippen LogP contribution in [-0.2, 0) is 13.0 Å². The molecule has 23 heavy (non-hydrogen) atoms. The van der Waals surface area contributed by atoms with Gasteiger partial charge < -0.3 is 14.5 Å². The van der Waals surface area contributed by atoms with E-state index in [-0.39, 0.29) is 0 Å². The molecule has 3 aromatic rings. The molecule has 0 spiro atoms. The first kappa shape index (κ1) is 16.4. The van der Waals surface area contributed by atoms with Crippen molar-refractivity contribution in [3.8, 4) is 0 Å². The third-order valence-electron chi connectivity index (χ3n) is 4.12. The Labute approximate surface area is 146 Å². The van der Waals surface area contributed by atoms with Crippen LogP contribution in [0.3, 0.4) is 0 Å². The van der Waals surface area contributed by atoms with E-state index < -0.39 is 0 Å². The fourth-order valence-corrected chi connectivity index (χ4v) is 3.94. The van der Waals surface area contributed by atoms with Gasteiger partial charge in [-0.15, -0.1) is 11.3 Å². The number of para-hydroxylation sites is 2. The van der Waals surface area contributed by atoms with Crippen LogP contribution in [0.25, 0.3) is 11.0 Å². The zero-order chi connectivity index (χ0) is 16.1. The van der Waals surface area contributed by atoms with E-state index in [4.69, 9.17) is 12.2 Å². The molecule has 0 aliphatic rings. The van der Waals surface area contributed by atoms with Crippen molar-refractivity contribution >= 4 is 34.6 Å². The molecule has 0 saturated heterocycles. The summed E-state index contributed by atoms with van der Waals surface area (Å²) >= 11 is 7.34. The number of hydrogen-bond acceptors (Lipinski definition) is 3. The van der Waals surface area contributed by atoms with Crippen LogP contribution in [0.15, 0.2) is 41.8 Å². The third kappa shape index (κ3) is 4.10. The van der Waals surface area contributed by atoms with E-state index >= 15 is 0 Å².